The second-order valence-corrected chi connectivity index (χ2v) is 13.4. The van der Waals surface area contributed by atoms with E-state index in [0.717, 1.165) is 54.8 Å². The fraction of sp³-hybridized carbons (Fsp3) is 0.964. The Kier molecular flexibility index (Phi) is 5.75. The molecule has 10 atom stereocenters. The minimum Gasteiger partial charge on any atom is -0.393 e. The van der Waals surface area contributed by atoms with Gasteiger partial charge in [-0.25, -0.2) is 0 Å². The molecule has 4 aliphatic rings. The third-order valence-electron chi connectivity index (χ3n) is 11.2. The first kappa shape index (κ1) is 22.2. The van der Waals surface area contributed by atoms with Gasteiger partial charge in [-0.15, -0.1) is 0 Å². The van der Waals surface area contributed by atoms with Crippen LogP contribution in [-0.4, -0.2) is 11.2 Å². The van der Waals surface area contributed by atoms with Gasteiger partial charge in [-0.2, -0.15) is 0 Å². The zero-order valence-corrected chi connectivity index (χ0v) is 20.3. The molecule has 0 bridgehead atoms. The van der Waals surface area contributed by atoms with E-state index in [1.165, 1.54) is 44.9 Å². The molecule has 0 aromatic heterocycles. The summed E-state index contributed by atoms with van der Waals surface area (Å²) < 4.78 is 0. The van der Waals surface area contributed by atoms with Gasteiger partial charge in [-0.1, -0.05) is 61.3 Å². The third-order valence-corrected chi connectivity index (χ3v) is 11.2. The highest BCUT2D eigenvalue weighted by Gasteiger charge is 2.63. The van der Waals surface area contributed by atoms with E-state index in [4.69, 9.17) is 0 Å². The van der Waals surface area contributed by atoms with E-state index in [0.29, 0.717) is 16.7 Å². The van der Waals surface area contributed by atoms with Gasteiger partial charge in [-0.05, 0) is 109 Å². The van der Waals surface area contributed by atoms with E-state index < -0.39 is 0 Å². The van der Waals surface area contributed by atoms with E-state index in [9.17, 15) is 5.11 Å². The molecule has 4 aliphatic carbocycles. The van der Waals surface area contributed by atoms with Gasteiger partial charge < -0.3 is 5.11 Å². The number of aliphatic hydroxyl groups is 1. The molecule has 1 heteroatoms. The topological polar surface area (TPSA) is 20.2 Å². The van der Waals surface area contributed by atoms with E-state index in [1.807, 2.05) is 0 Å². The molecule has 4 rings (SSSR count). The van der Waals surface area contributed by atoms with E-state index >= 15 is 0 Å². The van der Waals surface area contributed by atoms with Crippen molar-refractivity contribution in [2.45, 2.75) is 112 Å². The fourth-order valence-corrected chi connectivity index (χ4v) is 10.1. The van der Waals surface area contributed by atoms with Crippen LogP contribution in [0.5, 0.6) is 0 Å². The number of hydrogen-bond donors (Lipinski definition) is 1. The molecule has 0 aliphatic heterocycles. The Morgan fingerprint density at radius 2 is 1.72 bits per heavy atom. The molecule has 1 N–H and O–H groups in total. The van der Waals surface area contributed by atoms with Crippen molar-refractivity contribution in [1.29, 1.82) is 0 Å². The molecule has 4 saturated carbocycles. The highest BCUT2D eigenvalue weighted by atomic mass is 16.3. The molecule has 0 saturated heterocycles. The second-order valence-electron chi connectivity index (χ2n) is 13.4. The Morgan fingerprint density at radius 1 is 1.00 bits per heavy atom. The van der Waals surface area contributed by atoms with Crippen LogP contribution in [0.1, 0.15) is 106 Å². The van der Waals surface area contributed by atoms with Gasteiger partial charge in [-0.3, -0.25) is 0 Å². The van der Waals surface area contributed by atoms with Gasteiger partial charge in [0.2, 0.25) is 0 Å². The largest absolute Gasteiger partial charge is 0.393 e. The van der Waals surface area contributed by atoms with Crippen LogP contribution in [0, 0.1) is 64.6 Å². The molecule has 29 heavy (non-hydrogen) atoms. The quantitative estimate of drug-likeness (QED) is 0.518. The molecule has 1 nitrogen and oxygen atoms in total. The van der Waals surface area contributed by atoms with Crippen LogP contribution in [0.15, 0.2) is 0 Å². The monoisotopic (exact) mass is 401 g/mol. The SMILES string of the molecule is [CH2]CC[C@@H](C)[C@H]1CC[C@H]2[C@@H]3CC[C@@H]4C[C@H](O)CC(C(C)(C)C)[C@]4(C)[C@H]3CC[C@]12C. The van der Waals surface area contributed by atoms with Gasteiger partial charge >= 0.3 is 0 Å². The maximum atomic E-state index is 10.7. The minimum atomic E-state index is -0.0675. The van der Waals surface area contributed by atoms with Crippen LogP contribution in [0.4, 0.5) is 0 Å². The van der Waals surface area contributed by atoms with E-state index in [-0.39, 0.29) is 11.5 Å². The van der Waals surface area contributed by atoms with Crippen LogP contribution in [0.3, 0.4) is 0 Å². The molecule has 0 aromatic rings. The van der Waals surface area contributed by atoms with Gasteiger partial charge in [0.15, 0.2) is 0 Å². The van der Waals surface area contributed by atoms with Crippen LogP contribution in [0.2, 0.25) is 0 Å². The molecule has 0 heterocycles. The lowest BCUT2D eigenvalue weighted by Crippen LogP contribution is -2.59. The smallest absolute Gasteiger partial charge is 0.0546 e. The molecule has 0 amide bonds. The normalized spacial score (nSPS) is 51.1. The Bertz CT molecular complexity index is 590. The first-order valence-corrected chi connectivity index (χ1v) is 13.0. The summed E-state index contributed by atoms with van der Waals surface area (Å²) in [6.07, 6.45) is 13.1. The highest BCUT2D eigenvalue weighted by Crippen LogP contribution is 2.70. The summed E-state index contributed by atoms with van der Waals surface area (Å²) in [5, 5.41) is 10.7. The van der Waals surface area contributed by atoms with Crippen LogP contribution >= 0.6 is 0 Å². The zero-order chi connectivity index (χ0) is 21.2. The third kappa shape index (κ3) is 3.35. The summed E-state index contributed by atoms with van der Waals surface area (Å²) in [5.74, 6) is 5.94. The van der Waals surface area contributed by atoms with Gasteiger partial charge in [0.25, 0.3) is 0 Å². The van der Waals surface area contributed by atoms with Crippen molar-refractivity contribution in [3.63, 3.8) is 0 Å². The lowest BCUT2D eigenvalue weighted by Gasteiger charge is -2.65. The molecule has 0 spiro atoms. The number of hydrogen-bond acceptors (Lipinski definition) is 1. The molecule has 0 aromatic carbocycles. The molecule has 1 radical (unpaired) electrons. The summed E-state index contributed by atoms with van der Waals surface area (Å²) in [6, 6.07) is 0. The van der Waals surface area contributed by atoms with Crippen LogP contribution in [0.25, 0.3) is 0 Å². The summed E-state index contributed by atoms with van der Waals surface area (Å²) in [5.41, 5.74) is 1.29. The molecular weight excluding hydrogens is 352 g/mol. The van der Waals surface area contributed by atoms with Gasteiger partial charge in [0.1, 0.15) is 0 Å². The van der Waals surface area contributed by atoms with Crippen molar-refractivity contribution in [2.24, 2.45) is 57.7 Å². The number of fused-ring (bicyclic) bond motifs is 5. The van der Waals surface area contributed by atoms with Crippen molar-refractivity contribution < 1.29 is 5.11 Å². The van der Waals surface area contributed by atoms with Gasteiger partial charge in [0.05, 0.1) is 6.10 Å². The predicted octanol–water partition coefficient (Wildman–Crippen LogP) is 7.53. The number of rotatable bonds is 3. The van der Waals surface area contributed by atoms with Crippen molar-refractivity contribution in [3.8, 4) is 0 Å². The van der Waals surface area contributed by atoms with Crippen molar-refractivity contribution in [2.75, 3.05) is 0 Å². The standard InChI is InChI=1S/C28H49O/c1-8-9-18(2)22-12-13-23-21-11-10-19-16-20(29)17-25(26(3,4)5)28(19,7)24(21)14-15-27(22,23)6/h18-25,29H,1,8-17H2,2-7H3/t18-,19-,20+,21+,22-,23+,24+,25?,27-,28+/m1/s1. The predicted molar refractivity (Wildman–Crippen MR) is 123 cm³/mol. The van der Waals surface area contributed by atoms with E-state index in [2.05, 4.69) is 48.5 Å². The molecule has 4 fully saturated rings. The zero-order valence-electron chi connectivity index (χ0n) is 20.3. The Balaban J connectivity index is 1.64. The van der Waals surface area contributed by atoms with E-state index in [1.54, 1.807) is 0 Å². The first-order valence-electron chi connectivity index (χ1n) is 13.0. The lowest BCUT2D eigenvalue weighted by molar-refractivity contribution is -0.179. The fourth-order valence-electron chi connectivity index (χ4n) is 10.1. The van der Waals surface area contributed by atoms with Gasteiger partial charge in [0, 0.05) is 0 Å². The average molecular weight is 402 g/mol. The highest BCUT2D eigenvalue weighted by molar-refractivity contribution is 5.12. The lowest BCUT2D eigenvalue weighted by atomic mass is 9.40. The molecular formula is C28H49O. The van der Waals surface area contributed by atoms with Crippen molar-refractivity contribution >= 4 is 0 Å². The van der Waals surface area contributed by atoms with Crippen LogP contribution < -0.4 is 0 Å². The van der Waals surface area contributed by atoms with Crippen LogP contribution in [-0.2, 0) is 0 Å². The Morgan fingerprint density at radius 3 is 2.38 bits per heavy atom. The minimum absolute atomic E-state index is 0.0675. The summed E-state index contributed by atoms with van der Waals surface area (Å²) in [7, 11) is 0. The summed E-state index contributed by atoms with van der Waals surface area (Å²) >= 11 is 0. The summed E-state index contributed by atoms with van der Waals surface area (Å²) in [6.45, 7) is 19.4. The summed E-state index contributed by atoms with van der Waals surface area (Å²) in [4.78, 5) is 0. The number of aliphatic hydroxyl groups excluding tert-OH is 1. The maximum Gasteiger partial charge on any atom is 0.0546 e. The van der Waals surface area contributed by atoms with Crippen molar-refractivity contribution in [3.05, 3.63) is 6.92 Å². The second kappa shape index (κ2) is 7.53. The Hall–Kier alpha value is -0.0400. The van der Waals surface area contributed by atoms with Crippen molar-refractivity contribution in [1.82, 2.24) is 0 Å². The maximum absolute atomic E-state index is 10.7. The molecule has 1 unspecified atom stereocenters. The molecule has 167 valence electrons. The first-order chi connectivity index (χ1) is 13.5. The average Bonchev–Trinajstić information content (AvgIpc) is 2.98. The Labute approximate surface area is 181 Å².